The Hall–Kier alpha value is -1.38. The molecule has 0 bridgehead atoms. The molecule has 0 amide bonds. The quantitative estimate of drug-likeness (QED) is 0.518. The fourth-order valence-electron chi connectivity index (χ4n) is 1.69. The molecule has 0 fully saturated rings. The summed E-state index contributed by atoms with van der Waals surface area (Å²) in [6.07, 6.45) is 11.0. The van der Waals surface area contributed by atoms with Crippen LogP contribution in [-0.2, 0) is 6.54 Å². The summed E-state index contributed by atoms with van der Waals surface area (Å²) in [7, 11) is 0. The summed E-state index contributed by atoms with van der Waals surface area (Å²) in [5.41, 5.74) is 0. The van der Waals surface area contributed by atoms with Crippen molar-refractivity contribution in [2.75, 3.05) is 0 Å². The van der Waals surface area contributed by atoms with Gasteiger partial charge >= 0.3 is 0 Å². The van der Waals surface area contributed by atoms with Crippen LogP contribution in [0.3, 0.4) is 0 Å². The molecule has 0 unspecified atom stereocenters. The second-order valence-corrected chi connectivity index (χ2v) is 3.36. The number of nitrogens with zero attached hydrogens (tertiary/aromatic N) is 2. The first-order valence-corrected chi connectivity index (χ1v) is 4.51. The monoisotopic (exact) mass is 176 g/mol. The zero-order valence-electron chi connectivity index (χ0n) is 7.39. The van der Waals surface area contributed by atoms with Gasteiger partial charge in [0.25, 0.3) is 0 Å². The Morgan fingerprint density at radius 1 is 1.54 bits per heavy atom. The van der Waals surface area contributed by atoms with E-state index in [1.54, 1.807) is 6.20 Å². The average Bonchev–Trinajstić information content (AvgIpc) is 2.76. The van der Waals surface area contributed by atoms with Gasteiger partial charge in [-0.15, -0.1) is 0 Å². The van der Waals surface area contributed by atoms with Crippen molar-refractivity contribution >= 4 is 6.29 Å². The number of hydrogen-bond acceptors (Lipinski definition) is 2. The van der Waals surface area contributed by atoms with E-state index in [2.05, 4.69) is 17.1 Å². The third-order valence-corrected chi connectivity index (χ3v) is 2.41. The van der Waals surface area contributed by atoms with Gasteiger partial charge in [0.15, 0.2) is 12.1 Å². The number of allylic oxidation sites excluding steroid dienone is 2. The third kappa shape index (κ3) is 1.69. The van der Waals surface area contributed by atoms with E-state index in [0.29, 0.717) is 11.7 Å². The molecule has 0 aromatic carbocycles. The van der Waals surface area contributed by atoms with Crippen molar-refractivity contribution in [2.24, 2.45) is 5.92 Å². The van der Waals surface area contributed by atoms with E-state index in [-0.39, 0.29) is 0 Å². The highest BCUT2D eigenvalue weighted by molar-refractivity contribution is 5.69. The maximum atomic E-state index is 10.6. The van der Waals surface area contributed by atoms with Crippen molar-refractivity contribution in [3.05, 3.63) is 30.4 Å². The maximum Gasteiger partial charge on any atom is 0.185 e. The van der Waals surface area contributed by atoms with Gasteiger partial charge in [-0.1, -0.05) is 12.2 Å². The summed E-state index contributed by atoms with van der Waals surface area (Å²) in [5, 5.41) is 0. The van der Waals surface area contributed by atoms with E-state index >= 15 is 0 Å². The van der Waals surface area contributed by atoms with Gasteiger partial charge in [0.1, 0.15) is 0 Å². The second-order valence-electron chi connectivity index (χ2n) is 3.36. The predicted molar refractivity (Wildman–Crippen MR) is 49.5 cm³/mol. The highest BCUT2D eigenvalue weighted by Crippen LogP contribution is 2.19. The SMILES string of the molecule is O=Cc1nccn1CC1CC=CC1. The minimum Gasteiger partial charge on any atom is -0.328 e. The molecule has 0 N–H and O–H groups in total. The lowest BCUT2D eigenvalue weighted by Gasteiger charge is -2.10. The molecule has 1 aliphatic carbocycles. The van der Waals surface area contributed by atoms with Crippen molar-refractivity contribution < 1.29 is 4.79 Å². The first-order chi connectivity index (χ1) is 6.40. The summed E-state index contributed by atoms with van der Waals surface area (Å²) in [6.45, 7) is 0.904. The predicted octanol–water partition coefficient (Wildman–Crippen LogP) is 1.66. The highest BCUT2D eigenvalue weighted by Gasteiger charge is 2.12. The molecule has 3 nitrogen and oxygen atoms in total. The van der Waals surface area contributed by atoms with Crippen LogP contribution in [0.5, 0.6) is 0 Å². The average molecular weight is 176 g/mol. The molecule has 1 aromatic rings. The van der Waals surface area contributed by atoms with Gasteiger partial charge in [0.2, 0.25) is 0 Å². The molecule has 0 aliphatic heterocycles. The first kappa shape index (κ1) is 8.23. The number of rotatable bonds is 3. The Labute approximate surface area is 77.1 Å². The molecule has 1 aliphatic rings. The minimum absolute atomic E-state index is 0.534. The molecule has 0 saturated carbocycles. The van der Waals surface area contributed by atoms with Crippen LogP contribution >= 0.6 is 0 Å². The molecule has 0 saturated heterocycles. The summed E-state index contributed by atoms with van der Waals surface area (Å²) in [6, 6.07) is 0. The van der Waals surface area contributed by atoms with Crippen molar-refractivity contribution in [1.29, 1.82) is 0 Å². The van der Waals surface area contributed by atoms with Crippen LogP contribution in [0.25, 0.3) is 0 Å². The molecule has 0 atom stereocenters. The second kappa shape index (κ2) is 3.56. The Kier molecular flexibility index (Phi) is 2.25. The van der Waals surface area contributed by atoms with Gasteiger partial charge in [-0.25, -0.2) is 4.98 Å². The van der Waals surface area contributed by atoms with E-state index in [9.17, 15) is 4.79 Å². The number of hydrogen-bond donors (Lipinski definition) is 0. The van der Waals surface area contributed by atoms with E-state index < -0.39 is 0 Å². The van der Waals surface area contributed by atoms with E-state index in [0.717, 1.165) is 25.7 Å². The third-order valence-electron chi connectivity index (χ3n) is 2.41. The molecule has 1 aromatic heterocycles. The van der Waals surface area contributed by atoms with Crippen molar-refractivity contribution in [3.8, 4) is 0 Å². The molecule has 13 heavy (non-hydrogen) atoms. The van der Waals surface area contributed by atoms with Gasteiger partial charge in [-0.3, -0.25) is 4.79 Å². The summed E-state index contributed by atoms with van der Waals surface area (Å²) >= 11 is 0. The summed E-state index contributed by atoms with van der Waals surface area (Å²) in [5.74, 6) is 1.18. The number of aromatic nitrogens is 2. The van der Waals surface area contributed by atoms with Gasteiger partial charge in [-0.2, -0.15) is 0 Å². The first-order valence-electron chi connectivity index (χ1n) is 4.51. The Balaban J connectivity index is 2.04. The topological polar surface area (TPSA) is 34.9 Å². The van der Waals surface area contributed by atoms with E-state index in [4.69, 9.17) is 0 Å². The van der Waals surface area contributed by atoms with Crippen molar-refractivity contribution in [1.82, 2.24) is 9.55 Å². The van der Waals surface area contributed by atoms with Crippen LogP contribution in [0.15, 0.2) is 24.5 Å². The zero-order chi connectivity index (χ0) is 9.10. The molecule has 3 heteroatoms. The molecule has 2 rings (SSSR count). The fraction of sp³-hybridized carbons (Fsp3) is 0.400. The van der Waals surface area contributed by atoms with Crippen LogP contribution in [0.4, 0.5) is 0 Å². The lowest BCUT2D eigenvalue weighted by atomic mass is 10.1. The largest absolute Gasteiger partial charge is 0.328 e. The molecule has 1 heterocycles. The standard InChI is InChI=1S/C10H12N2O/c13-8-10-11-5-6-12(10)7-9-3-1-2-4-9/h1-2,5-6,8-9H,3-4,7H2. The summed E-state index contributed by atoms with van der Waals surface area (Å²) < 4.78 is 1.92. The van der Waals surface area contributed by atoms with Gasteiger partial charge in [-0.05, 0) is 18.8 Å². The number of imidazole rings is 1. The maximum absolute atomic E-state index is 10.6. The van der Waals surface area contributed by atoms with E-state index in [1.165, 1.54) is 0 Å². The Morgan fingerprint density at radius 3 is 3.00 bits per heavy atom. The Morgan fingerprint density at radius 2 is 2.31 bits per heavy atom. The van der Waals surface area contributed by atoms with E-state index in [1.807, 2.05) is 10.8 Å². The van der Waals surface area contributed by atoms with Gasteiger partial charge in [0, 0.05) is 18.9 Å². The highest BCUT2D eigenvalue weighted by atomic mass is 16.1. The van der Waals surface area contributed by atoms with Crippen LogP contribution in [0, 0.1) is 5.92 Å². The van der Waals surface area contributed by atoms with Gasteiger partial charge < -0.3 is 4.57 Å². The number of carbonyl (C=O) groups is 1. The molecule has 0 radical (unpaired) electrons. The lowest BCUT2D eigenvalue weighted by molar-refractivity contribution is 0.111. The van der Waals surface area contributed by atoms with Crippen LogP contribution in [0.1, 0.15) is 23.5 Å². The van der Waals surface area contributed by atoms with Crippen molar-refractivity contribution in [2.45, 2.75) is 19.4 Å². The number of aldehydes is 1. The Bertz CT molecular complexity index is 319. The smallest absolute Gasteiger partial charge is 0.185 e. The normalized spacial score (nSPS) is 16.6. The molecule has 0 spiro atoms. The van der Waals surface area contributed by atoms with Crippen LogP contribution < -0.4 is 0 Å². The van der Waals surface area contributed by atoms with Crippen LogP contribution in [-0.4, -0.2) is 15.8 Å². The van der Waals surface area contributed by atoms with Crippen LogP contribution in [0.2, 0.25) is 0 Å². The van der Waals surface area contributed by atoms with Crippen molar-refractivity contribution in [3.63, 3.8) is 0 Å². The molecular formula is C10H12N2O. The lowest BCUT2D eigenvalue weighted by Crippen LogP contribution is -2.09. The molecular weight excluding hydrogens is 164 g/mol. The fourth-order valence-corrected chi connectivity index (χ4v) is 1.69. The summed E-state index contributed by atoms with van der Waals surface area (Å²) in [4.78, 5) is 14.5. The minimum atomic E-state index is 0.534. The zero-order valence-corrected chi connectivity index (χ0v) is 7.39. The number of carbonyl (C=O) groups excluding carboxylic acids is 1. The molecule has 68 valence electrons. The van der Waals surface area contributed by atoms with Gasteiger partial charge in [0.05, 0.1) is 0 Å².